The number of carbonyl (C=O) groups is 2. The van der Waals surface area contributed by atoms with E-state index >= 15 is 0 Å². The highest BCUT2D eigenvalue weighted by molar-refractivity contribution is 7.13. The molecule has 0 aliphatic rings. The molecule has 2 amide bonds. The smallest absolute Gasteiger partial charge is 0.277 e. The lowest BCUT2D eigenvalue weighted by Gasteiger charge is -2.17. The van der Waals surface area contributed by atoms with E-state index in [9.17, 15) is 14.9 Å². The molecule has 0 aliphatic carbocycles. The van der Waals surface area contributed by atoms with E-state index in [1.165, 1.54) is 22.7 Å². The molecule has 0 saturated carbocycles. The Kier molecular flexibility index (Phi) is 7.09. The van der Waals surface area contributed by atoms with Gasteiger partial charge >= 0.3 is 0 Å². The summed E-state index contributed by atoms with van der Waals surface area (Å²) in [6, 6.07) is 23.2. The van der Waals surface area contributed by atoms with Crippen LogP contribution in [-0.4, -0.2) is 26.0 Å². The summed E-state index contributed by atoms with van der Waals surface area (Å²) in [5, 5.41) is 13.9. The van der Waals surface area contributed by atoms with Crippen LogP contribution < -0.4 is 14.4 Å². The fourth-order valence-corrected chi connectivity index (χ4v) is 5.26. The molecule has 0 radical (unpaired) electrons. The van der Waals surface area contributed by atoms with Gasteiger partial charge in [-0.25, -0.2) is 4.90 Å². The molecule has 0 aliphatic heterocycles. The number of benzene rings is 2. The first-order valence-corrected chi connectivity index (χ1v) is 13.1. The summed E-state index contributed by atoms with van der Waals surface area (Å²) in [6.45, 7) is 0. The Morgan fingerprint density at radius 3 is 1.71 bits per heavy atom. The Bertz CT molecular complexity index is 1570. The fourth-order valence-electron chi connectivity index (χ4n) is 3.96. The van der Waals surface area contributed by atoms with Crippen molar-refractivity contribution < 1.29 is 23.5 Å². The molecule has 5 aromatic rings. The van der Waals surface area contributed by atoms with Gasteiger partial charge in [0.1, 0.15) is 28.9 Å². The average molecular weight is 541 g/mol. The third-order valence-electron chi connectivity index (χ3n) is 5.81. The molecule has 0 fully saturated rings. The number of imide groups is 1. The molecule has 2 aromatic carbocycles. The van der Waals surface area contributed by atoms with Gasteiger partial charge in [-0.05, 0) is 64.9 Å². The summed E-state index contributed by atoms with van der Waals surface area (Å²) < 4.78 is 16.9. The second-order valence-corrected chi connectivity index (χ2v) is 9.85. The van der Waals surface area contributed by atoms with Gasteiger partial charge in [0.15, 0.2) is 0 Å². The maximum Gasteiger partial charge on any atom is 0.277 e. The minimum absolute atomic E-state index is 0.0656. The Hall–Kier alpha value is -4.65. The molecule has 9 heteroatoms. The minimum atomic E-state index is -0.578. The topological polar surface area (TPSA) is 92.8 Å². The molecule has 7 nitrogen and oxygen atoms in total. The van der Waals surface area contributed by atoms with E-state index in [2.05, 4.69) is 6.07 Å². The highest BCUT2D eigenvalue weighted by Gasteiger charge is 2.35. The standard InChI is InChI=1S/C29H20N2O5S2/c1-34-20-11-7-18(8-12-20)25-22(17-30)29(36-26(25)19-9-13-21(35-2)14-10-19)31(27(32)23-5-3-15-37-23)28(33)24-6-4-16-38-24/h3-16H,1-2H3. The van der Waals surface area contributed by atoms with Crippen LogP contribution in [0, 0.1) is 11.3 Å². The number of hydrogen-bond donors (Lipinski definition) is 0. The maximum atomic E-state index is 13.7. The van der Waals surface area contributed by atoms with E-state index in [1.807, 2.05) is 0 Å². The molecule has 188 valence electrons. The normalized spacial score (nSPS) is 10.6. The van der Waals surface area contributed by atoms with Crippen LogP contribution in [0.1, 0.15) is 24.9 Å². The lowest BCUT2D eigenvalue weighted by molar-refractivity contribution is 0.0896. The third kappa shape index (κ3) is 4.59. The second kappa shape index (κ2) is 10.8. The van der Waals surface area contributed by atoms with E-state index < -0.39 is 11.8 Å². The van der Waals surface area contributed by atoms with Crippen LogP contribution in [-0.2, 0) is 0 Å². The van der Waals surface area contributed by atoms with Gasteiger partial charge < -0.3 is 13.9 Å². The zero-order chi connectivity index (χ0) is 26.6. The summed E-state index contributed by atoms with van der Waals surface area (Å²) in [5.74, 6) is 0.337. The van der Waals surface area contributed by atoms with Gasteiger partial charge in [0.25, 0.3) is 11.8 Å². The number of anilines is 1. The quantitative estimate of drug-likeness (QED) is 0.204. The second-order valence-electron chi connectivity index (χ2n) is 7.96. The zero-order valence-electron chi connectivity index (χ0n) is 20.3. The van der Waals surface area contributed by atoms with Gasteiger partial charge in [-0.1, -0.05) is 24.3 Å². The van der Waals surface area contributed by atoms with Crippen molar-refractivity contribution in [3.05, 3.63) is 98.9 Å². The molecular weight excluding hydrogens is 520 g/mol. The molecule has 3 heterocycles. The van der Waals surface area contributed by atoms with Crippen LogP contribution in [0.5, 0.6) is 11.5 Å². The third-order valence-corrected chi connectivity index (χ3v) is 7.52. The molecule has 38 heavy (non-hydrogen) atoms. The Morgan fingerprint density at radius 2 is 1.29 bits per heavy atom. The highest BCUT2D eigenvalue weighted by Crippen LogP contribution is 2.44. The molecule has 0 saturated heterocycles. The molecule has 0 atom stereocenters. The SMILES string of the molecule is COc1ccc(-c2oc(N(C(=O)c3cccs3)C(=O)c3cccs3)c(C#N)c2-c2ccc(OC)cc2)cc1. The maximum absolute atomic E-state index is 13.7. The number of methoxy groups -OCH3 is 2. The lowest BCUT2D eigenvalue weighted by atomic mass is 9.98. The number of carbonyl (C=O) groups excluding carboxylic acids is 2. The van der Waals surface area contributed by atoms with Gasteiger partial charge in [0.05, 0.1) is 24.0 Å². The molecule has 0 unspecified atom stereocenters. The van der Waals surface area contributed by atoms with E-state index in [4.69, 9.17) is 13.9 Å². The van der Waals surface area contributed by atoms with Crippen LogP contribution in [0.25, 0.3) is 22.5 Å². The Balaban J connectivity index is 1.76. The molecule has 3 aromatic heterocycles. The van der Waals surface area contributed by atoms with Crippen molar-refractivity contribution in [2.75, 3.05) is 19.1 Å². The number of nitrogens with zero attached hydrogens (tertiary/aromatic N) is 2. The van der Waals surface area contributed by atoms with E-state index in [0.717, 1.165) is 4.90 Å². The van der Waals surface area contributed by atoms with Crippen LogP contribution in [0.3, 0.4) is 0 Å². The minimum Gasteiger partial charge on any atom is -0.497 e. The average Bonchev–Trinajstić information content (AvgIpc) is 3.74. The first-order valence-electron chi connectivity index (χ1n) is 11.4. The van der Waals surface area contributed by atoms with Crippen molar-refractivity contribution >= 4 is 40.4 Å². The number of hydrogen-bond acceptors (Lipinski definition) is 8. The summed E-state index contributed by atoms with van der Waals surface area (Å²) in [6.07, 6.45) is 0. The van der Waals surface area contributed by atoms with Gasteiger partial charge in [0, 0.05) is 11.1 Å². The molecule has 0 bridgehead atoms. The number of furan rings is 1. The van der Waals surface area contributed by atoms with Crippen LogP contribution in [0.2, 0.25) is 0 Å². The van der Waals surface area contributed by atoms with Crippen molar-refractivity contribution in [1.29, 1.82) is 5.26 Å². The van der Waals surface area contributed by atoms with Gasteiger partial charge in [0.2, 0.25) is 5.88 Å². The Labute approximate surface area is 226 Å². The van der Waals surface area contributed by atoms with Crippen LogP contribution in [0.4, 0.5) is 5.88 Å². The van der Waals surface area contributed by atoms with Crippen molar-refractivity contribution in [2.24, 2.45) is 0 Å². The predicted molar refractivity (Wildman–Crippen MR) is 147 cm³/mol. The van der Waals surface area contributed by atoms with Crippen molar-refractivity contribution in [3.63, 3.8) is 0 Å². The van der Waals surface area contributed by atoms with Crippen molar-refractivity contribution in [1.82, 2.24) is 0 Å². The van der Waals surface area contributed by atoms with E-state index in [1.54, 1.807) is 97.8 Å². The molecular formula is C29H20N2O5S2. The largest absolute Gasteiger partial charge is 0.497 e. The fraction of sp³-hybridized carbons (Fsp3) is 0.0690. The lowest BCUT2D eigenvalue weighted by Crippen LogP contribution is -2.36. The highest BCUT2D eigenvalue weighted by atomic mass is 32.1. The van der Waals surface area contributed by atoms with Crippen molar-refractivity contribution in [3.8, 4) is 40.0 Å². The Morgan fingerprint density at radius 1 is 0.789 bits per heavy atom. The summed E-state index contributed by atoms with van der Waals surface area (Å²) in [7, 11) is 3.14. The zero-order valence-corrected chi connectivity index (χ0v) is 22.0. The van der Waals surface area contributed by atoms with Crippen LogP contribution in [0.15, 0.2) is 88.0 Å². The number of ether oxygens (including phenoxy) is 2. The first-order chi connectivity index (χ1) is 18.5. The monoisotopic (exact) mass is 540 g/mol. The van der Waals surface area contributed by atoms with Gasteiger partial charge in [-0.3, -0.25) is 9.59 Å². The number of thiophene rings is 2. The first kappa shape index (κ1) is 25.0. The van der Waals surface area contributed by atoms with E-state index in [-0.39, 0.29) is 11.4 Å². The van der Waals surface area contributed by atoms with Crippen LogP contribution >= 0.6 is 22.7 Å². The summed E-state index contributed by atoms with van der Waals surface area (Å²) in [5.41, 5.74) is 1.83. The number of rotatable bonds is 7. The van der Waals surface area contributed by atoms with Gasteiger partial charge in [-0.2, -0.15) is 5.26 Å². The number of amides is 2. The molecule has 5 rings (SSSR count). The van der Waals surface area contributed by atoms with Gasteiger partial charge in [-0.15, -0.1) is 22.7 Å². The summed E-state index contributed by atoms with van der Waals surface area (Å²) >= 11 is 2.40. The number of nitriles is 1. The van der Waals surface area contributed by atoms with E-state index in [0.29, 0.717) is 43.7 Å². The molecule has 0 spiro atoms. The van der Waals surface area contributed by atoms with Crippen molar-refractivity contribution in [2.45, 2.75) is 0 Å². The summed E-state index contributed by atoms with van der Waals surface area (Å²) in [4.78, 5) is 29.0. The molecule has 0 N–H and O–H groups in total. The predicted octanol–water partition coefficient (Wildman–Crippen LogP) is 7.11.